The number of hydrogen-bond acceptors (Lipinski definition) is 5. The summed E-state index contributed by atoms with van der Waals surface area (Å²) >= 11 is 0. The smallest absolute Gasteiger partial charge is 0.352 e. The molecule has 0 saturated carbocycles. The van der Waals surface area contributed by atoms with E-state index in [1.54, 1.807) is 30.5 Å². The number of rotatable bonds is 9. The molecular formula is C22H20N5O4+. The minimum atomic E-state index is -1.28. The highest BCUT2D eigenvalue weighted by Gasteiger charge is 2.11. The fraction of sp³-hybridized carbons (Fsp3) is 0.0909. The first-order valence-corrected chi connectivity index (χ1v) is 9.25. The number of fused-ring (bicyclic) bond motifs is 1. The molecule has 9 nitrogen and oxygen atoms in total. The number of amidine groups is 1. The average Bonchev–Trinajstić information content (AvgIpc) is 2.76. The summed E-state index contributed by atoms with van der Waals surface area (Å²) in [6.07, 6.45) is 1.99. The maximum Gasteiger partial charge on any atom is 0.352 e. The summed E-state index contributed by atoms with van der Waals surface area (Å²) in [5.41, 5.74) is 7.74. The zero-order chi connectivity index (χ0) is 22.4. The van der Waals surface area contributed by atoms with Crippen molar-refractivity contribution in [2.24, 2.45) is 10.7 Å². The van der Waals surface area contributed by atoms with E-state index in [1.807, 2.05) is 24.3 Å². The number of nitrogens with zero attached hydrogens (tertiary/aromatic N) is 2. The summed E-state index contributed by atoms with van der Waals surface area (Å²) < 4.78 is 0. The van der Waals surface area contributed by atoms with Gasteiger partial charge in [-0.1, -0.05) is 6.07 Å². The molecule has 0 fully saturated rings. The van der Waals surface area contributed by atoms with Crippen LogP contribution >= 0.6 is 0 Å². The number of ketones is 1. The van der Waals surface area contributed by atoms with Gasteiger partial charge in [-0.05, 0) is 47.9 Å². The van der Waals surface area contributed by atoms with Crippen LogP contribution in [0.25, 0.3) is 10.8 Å². The molecule has 31 heavy (non-hydrogen) atoms. The van der Waals surface area contributed by atoms with Gasteiger partial charge in [0.2, 0.25) is 6.41 Å². The summed E-state index contributed by atoms with van der Waals surface area (Å²) in [6, 6.07) is 13.9. The van der Waals surface area contributed by atoms with E-state index in [9.17, 15) is 14.4 Å². The zero-order valence-corrected chi connectivity index (χ0v) is 16.4. The lowest BCUT2D eigenvalue weighted by Crippen LogP contribution is -2.46. The third kappa shape index (κ3) is 5.36. The van der Waals surface area contributed by atoms with Crippen LogP contribution in [0.2, 0.25) is 0 Å². The van der Waals surface area contributed by atoms with Crippen molar-refractivity contribution in [2.75, 3.05) is 11.9 Å². The van der Waals surface area contributed by atoms with Crippen LogP contribution in [-0.2, 0) is 16.0 Å². The van der Waals surface area contributed by atoms with Crippen LogP contribution in [0.1, 0.15) is 21.6 Å². The minimum Gasteiger partial charge on any atom is -0.477 e. The Labute approximate surface area is 177 Å². The highest BCUT2D eigenvalue weighted by atomic mass is 16.4. The molecular weight excluding hydrogens is 398 g/mol. The highest BCUT2D eigenvalue weighted by molar-refractivity contribution is 6.38. The van der Waals surface area contributed by atoms with Crippen LogP contribution in [0.4, 0.5) is 5.69 Å². The number of aromatic nitrogens is 1. The number of amides is 1. The number of aliphatic carboxylic acids is 1. The Hall–Kier alpha value is -4.40. The lowest BCUT2D eigenvalue weighted by Gasteiger charge is -2.07. The molecule has 2 aromatic carbocycles. The molecule has 9 heteroatoms. The van der Waals surface area contributed by atoms with Crippen LogP contribution in [-0.4, -0.2) is 46.3 Å². The predicted octanol–water partition coefficient (Wildman–Crippen LogP) is 0.219. The Morgan fingerprint density at radius 1 is 1.10 bits per heavy atom. The molecule has 6 N–H and O–H groups in total. The molecule has 0 radical (unpaired) electrons. The van der Waals surface area contributed by atoms with E-state index in [-0.39, 0.29) is 36.7 Å². The number of hydrogen-bond donors (Lipinski definition) is 4. The second kappa shape index (κ2) is 9.40. The molecule has 0 spiro atoms. The number of nitrogens with two attached hydrogens (primary N) is 2. The van der Waals surface area contributed by atoms with Crippen molar-refractivity contribution in [3.63, 3.8) is 0 Å². The Bertz CT molecular complexity index is 1200. The van der Waals surface area contributed by atoms with Gasteiger partial charge in [-0.2, -0.15) is 0 Å². The molecule has 0 bridgehead atoms. The molecule has 1 aromatic heterocycles. The first-order valence-electron chi connectivity index (χ1n) is 9.25. The second-order valence-corrected chi connectivity index (χ2v) is 6.71. The number of benzene rings is 2. The maximum atomic E-state index is 12.6. The van der Waals surface area contributed by atoms with Gasteiger partial charge in [0, 0.05) is 28.5 Å². The number of carbonyl (C=O) groups excluding carboxylic acids is 2. The third-order valence-electron chi connectivity index (χ3n) is 4.58. The standard InChI is InChI=1S/C22H19N5O4/c23-21(24)15-2-1-14-8-18(25-10-16(14)7-15)9-20(29)13-3-5-17(6-4-13)26-11-19(22(30)31)27-12-28/h1-8,10,12,26H,9,11H2,(H3,23,24)(H,30,31)/p+1. The van der Waals surface area contributed by atoms with Gasteiger partial charge in [0.15, 0.2) is 5.78 Å². The van der Waals surface area contributed by atoms with E-state index in [1.165, 1.54) is 0 Å². The number of carboxylic acids is 1. The Morgan fingerprint density at radius 2 is 1.81 bits per heavy atom. The Morgan fingerprint density at radius 3 is 2.45 bits per heavy atom. The summed E-state index contributed by atoms with van der Waals surface area (Å²) in [5.74, 6) is -1.16. The zero-order valence-electron chi connectivity index (χ0n) is 16.4. The topological polar surface area (TPSA) is 160 Å². The van der Waals surface area contributed by atoms with Crippen molar-refractivity contribution in [2.45, 2.75) is 6.42 Å². The van der Waals surface area contributed by atoms with Gasteiger partial charge in [-0.15, -0.1) is 0 Å². The number of aliphatic imine (C=N–C) groups is 1. The van der Waals surface area contributed by atoms with Crippen molar-refractivity contribution < 1.29 is 24.9 Å². The van der Waals surface area contributed by atoms with E-state index in [0.29, 0.717) is 16.9 Å². The van der Waals surface area contributed by atoms with E-state index in [2.05, 4.69) is 15.3 Å². The van der Waals surface area contributed by atoms with E-state index in [0.717, 1.165) is 16.3 Å². The summed E-state index contributed by atoms with van der Waals surface area (Å²) in [5, 5.41) is 19.2. The molecule has 1 amide bonds. The van der Waals surface area contributed by atoms with Crippen LogP contribution in [0.15, 0.2) is 59.7 Å². The average molecular weight is 418 g/mol. The molecule has 1 heterocycles. The normalized spacial score (nSPS) is 11.2. The van der Waals surface area contributed by atoms with Crippen molar-refractivity contribution in [3.05, 3.63) is 71.5 Å². The molecule has 0 aliphatic carbocycles. The third-order valence-corrected chi connectivity index (χ3v) is 4.58. The lowest BCUT2D eigenvalue weighted by atomic mass is 10.0. The summed E-state index contributed by atoms with van der Waals surface area (Å²) in [4.78, 5) is 41.6. The fourth-order valence-corrected chi connectivity index (χ4v) is 2.93. The molecule has 3 rings (SSSR count). The number of anilines is 1. The molecule has 0 unspecified atom stereocenters. The molecule has 0 aliphatic heterocycles. The Kier molecular flexibility index (Phi) is 6.46. The molecule has 3 aromatic rings. The van der Waals surface area contributed by atoms with E-state index >= 15 is 0 Å². The largest absolute Gasteiger partial charge is 0.477 e. The SMILES string of the molecule is NC(=[NH2+])c1ccc2cc(CC(=O)c3ccc(NCC(=NC=O)C(=O)O)cc3)ncc2c1. The first-order chi connectivity index (χ1) is 14.9. The Balaban J connectivity index is 1.67. The number of nitrogens with one attached hydrogen (secondary N) is 1. The molecule has 156 valence electrons. The van der Waals surface area contributed by atoms with Crippen LogP contribution < -0.4 is 16.5 Å². The monoisotopic (exact) mass is 418 g/mol. The second-order valence-electron chi connectivity index (χ2n) is 6.71. The van der Waals surface area contributed by atoms with Crippen molar-refractivity contribution in [1.29, 1.82) is 0 Å². The predicted molar refractivity (Wildman–Crippen MR) is 116 cm³/mol. The van der Waals surface area contributed by atoms with E-state index < -0.39 is 5.97 Å². The van der Waals surface area contributed by atoms with Crippen LogP contribution in [0.3, 0.4) is 0 Å². The summed E-state index contributed by atoms with van der Waals surface area (Å²) in [6.45, 7) is -0.127. The molecule has 0 saturated heterocycles. The summed E-state index contributed by atoms with van der Waals surface area (Å²) in [7, 11) is 0. The number of pyridine rings is 1. The van der Waals surface area contributed by atoms with Gasteiger partial charge in [-0.3, -0.25) is 25.7 Å². The fourth-order valence-electron chi connectivity index (χ4n) is 2.93. The van der Waals surface area contributed by atoms with Crippen molar-refractivity contribution >= 4 is 46.2 Å². The number of carbonyl (C=O) groups is 3. The van der Waals surface area contributed by atoms with Crippen LogP contribution in [0, 0.1) is 0 Å². The van der Waals surface area contributed by atoms with Crippen LogP contribution in [0.5, 0.6) is 0 Å². The quantitative estimate of drug-likeness (QED) is 0.167. The molecule has 0 atom stereocenters. The van der Waals surface area contributed by atoms with Gasteiger partial charge >= 0.3 is 5.97 Å². The first kappa shape index (κ1) is 21.3. The molecule has 0 aliphatic rings. The van der Waals surface area contributed by atoms with Gasteiger partial charge < -0.3 is 10.4 Å². The maximum absolute atomic E-state index is 12.6. The number of carboxylic acid groups (broad SMARTS) is 1. The van der Waals surface area contributed by atoms with Gasteiger partial charge in [0.1, 0.15) is 5.71 Å². The van der Waals surface area contributed by atoms with Crippen molar-refractivity contribution in [3.8, 4) is 0 Å². The highest BCUT2D eigenvalue weighted by Crippen LogP contribution is 2.18. The minimum absolute atomic E-state index is 0.108. The van der Waals surface area contributed by atoms with Gasteiger partial charge in [-0.25, -0.2) is 9.79 Å². The van der Waals surface area contributed by atoms with Crippen molar-refractivity contribution in [1.82, 2.24) is 4.98 Å². The number of Topliss-reactive ketones (excluding diaryl/α,β-unsaturated/α-hetero) is 1. The van der Waals surface area contributed by atoms with Gasteiger partial charge in [0.25, 0.3) is 5.84 Å². The lowest BCUT2D eigenvalue weighted by molar-refractivity contribution is -0.129. The van der Waals surface area contributed by atoms with Gasteiger partial charge in [0.05, 0.1) is 18.5 Å². The van der Waals surface area contributed by atoms with E-state index in [4.69, 9.17) is 16.2 Å².